The van der Waals surface area contributed by atoms with Gasteiger partial charge in [0.15, 0.2) is 0 Å². The molecule has 0 bridgehead atoms. The molecular weight excluding hydrogens is 270 g/mol. The number of sulfonamides is 1. The summed E-state index contributed by atoms with van der Waals surface area (Å²) in [6.07, 6.45) is 2.32. The van der Waals surface area contributed by atoms with E-state index in [9.17, 15) is 8.42 Å². The molecule has 3 nitrogen and oxygen atoms in total. The van der Waals surface area contributed by atoms with Crippen LogP contribution < -0.4 is 0 Å². The zero-order valence-corrected chi connectivity index (χ0v) is 13.5. The van der Waals surface area contributed by atoms with Crippen molar-refractivity contribution in [2.45, 2.75) is 82.7 Å². The van der Waals surface area contributed by atoms with E-state index < -0.39 is 10.0 Å². The highest BCUT2D eigenvalue weighted by molar-refractivity contribution is 7.88. The van der Waals surface area contributed by atoms with E-state index in [0.29, 0.717) is 12.5 Å². The smallest absolute Gasteiger partial charge is 0.211 e. The zero-order valence-electron chi connectivity index (χ0n) is 12.7. The minimum Gasteiger partial charge on any atom is -0.212 e. The molecule has 0 aliphatic rings. The second kappa shape index (κ2) is 9.04. The van der Waals surface area contributed by atoms with E-state index in [1.165, 1.54) is 6.26 Å². The Labute approximate surface area is 130 Å². The largest absolute Gasteiger partial charge is 0.212 e. The highest BCUT2D eigenvalue weighted by atomic mass is 32.2. The maximum atomic E-state index is 11.8. The third kappa shape index (κ3) is 11.7. The van der Waals surface area contributed by atoms with Gasteiger partial charge in [-0.25, -0.2) is 8.42 Å². The van der Waals surface area contributed by atoms with Gasteiger partial charge in [0.2, 0.25) is 10.0 Å². The lowest BCUT2D eigenvalue weighted by Gasteiger charge is -2.36. The summed E-state index contributed by atoms with van der Waals surface area (Å²) in [5.41, 5.74) is -0.111. The molecule has 1 atom stereocenters. The van der Waals surface area contributed by atoms with Crippen molar-refractivity contribution in [1.29, 1.82) is 0 Å². The summed E-state index contributed by atoms with van der Waals surface area (Å²) in [5.74, 6) is 0.365. The van der Waals surface area contributed by atoms with Crippen molar-refractivity contribution in [3.8, 4) is 0 Å². The third-order valence-corrected chi connectivity index (χ3v) is 4.08. The normalized spacial score (nSPS) is 13.8. The van der Waals surface area contributed by atoms with Crippen molar-refractivity contribution >= 4 is 10.0 Å². The summed E-state index contributed by atoms with van der Waals surface area (Å²) in [5, 5.41) is 0. The molecule has 0 fully saturated rings. The molecule has 20 heavy (non-hydrogen) atoms. The highest BCUT2D eigenvalue weighted by Crippen LogP contribution is 2.27. The van der Waals surface area contributed by atoms with Crippen molar-refractivity contribution in [3.63, 3.8) is 0 Å². The first-order valence-electron chi connectivity index (χ1n) is 6.21. The Kier molecular flexibility index (Phi) is 12.7. The van der Waals surface area contributed by atoms with Crippen molar-refractivity contribution in [3.05, 3.63) is 0 Å². The summed E-state index contributed by atoms with van der Waals surface area (Å²) in [6.45, 7) is 15.1. The molecule has 0 heterocycles. The topological polar surface area (TPSA) is 37.4 Å². The Bertz CT molecular complexity index is 334. The predicted molar refractivity (Wildman–Crippen MR) is 94.7 cm³/mol. The predicted octanol–water partition coefficient (Wildman–Crippen LogP) is 5.03. The van der Waals surface area contributed by atoms with E-state index in [0.717, 1.165) is 6.42 Å². The number of hydrogen-bond donors (Lipinski definition) is 0. The van der Waals surface area contributed by atoms with Crippen LogP contribution in [0.3, 0.4) is 0 Å². The molecule has 0 aliphatic heterocycles. The van der Waals surface area contributed by atoms with Crippen molar-refractivity contribution in [2.24, 2.45) is 11.3 Å². The molecule has 1 unspecified atom stereocenters. The van der Waals surface area contributed by atoms with Crippen molar-refractivity contribution in [2.75, 3.05) is 12.8 Å². The molecule has 0 spiro atoms. The lowest BCUT2D eigenvalue weighted by Crippen LogP contribution is -2.47. The lowest BCUT2D eigenvalue weighted by molar-refractivity contribution is 0.195. The minimum atomic E-state index is -3.14. The average Bonchev–Trinajstić information content (AvgIpc) is 1.91. The molecular formula is C16H41NO2S. The van der Waals surface area contributed by atoms with Gasteiger partial charge in [-0.2, -0.15) is 4.31 Å². The van der Waals surface area contributed by atoms with Gasteiger partial charge in [0.25, 0.3) is 0 Å². The van der Waals surface area contributed by atoms with E-state index in [4.69, 9.17) is 0 Å². The van der Waals surface area contributed by atoms with E-state index >= 15 is 0 Å². The number of rotatable bonds is 4. The van der Waals surface area contributed by atoms with Crippen LogP contribution in [0.15, 0.2) is 0 Å². The molecule has 0 amide bonds. The lowest BCUT2D eigenvalue weighted by atomic mass is 9.85. The fourth-order valence-electron chi connectivity index (χ4n) is 2.30. The van der Waals surface area contributed by atoms with E-state index in [2.05, 4.69) is 27.7 Å². The Morgan fingerprint density at radius 3 is 1.50 bits per heavy atom. The fourth-order valence-corrected chi connectivity index (χ4v) is 3.82. The van der Waals surface area contributed by atoms with Gasteiger partial charge in [-0.15, -0.1) is 0 Å². The summed E-state index contributed by atoms with van der Waals surface area (Å²) < 4.78 is 25.2. The maximum absolute atomic E-state index is 11.8. The first kappa shape index (κ1) is 28.1. The van der Waals surface area contributed by atoms with Gasteiger partial charge in [-0.3, -0.25) is 0 Å². The van der Waals surface area contributed by atoms with Gasteiger partial charge in [0.05, 0.1) is 6.26 Å². The summed E-state index contributed by atoms with van der Waals surface area (Å²) in [6, 6.07) is 0. The van der Waals surface area contributed by atoms with Crippen LogP contribution in [0.1, 0.15) is 77.2 Å². The molecule has 0 aromatic rings. The first-order valence-corrected chi connectivity index (χ1v) is 8.06. The van der Waals surface area contributed by atoms with Crippen LogP contribution in [0.25, 0.3) is 0 Å². The van der Waals surface area contributed by atoms with Crippen LogP contribution in [0, 0.1) is 11.3 Å². The van der Waals surface area contributed by atoms with Gasteiger partial charge in [0, 0.05) is 12.1 Å². The second-order valence-electron chi connectivity index (χ2n) is 7.33. The highest BCUT2D eigenvalue weighted by Gasteiger charge is 2.31. The quantitative estimate of drug-likeness (QED) is 0.730. The van der Waals surface area contributed by atoms with Crippen LogP contribution >= 0.6 is 0 Å². The van der Waals surface area contributed by atoms with Gasteiger partial charge < -0.3 is 0 Å². The fraction of sp³-hybridized carbons (Fsp3) is 1.00. The molecule has 0 radical (unpaired) electrons. The maximum Gasteiger partial charge on any atom is 0.211 e. The first-order chi connectivity index (χ1) is 7.23. The van der Waals surface area contributed by atoms with Crippen LogP contribution in [-0.2, 0) is 10.0 Å². The molecule has 0 saturated heterocycles. The average molecular weight is 312 g/mol. The standard InChI is InChI=1S/C13H29NO2S.3CH4/c1-11(9-12(2,3)4)10-14(13(5,6)7)17(8,15)16;;;/h11H,9-10H2,1-8H3;3*1H4. The summed E-state index contributed by atoms with van der Waals surface area (Å²) in [4.78, 5) is 0. The van der Waals surface area contributed by atoms with Crippen molar-refractivity contribution in [1.82, 2.24) is 4.31 Å². The van der Waals surface area contributed by atoms with Crippen LogP contribution in [0.5, 0.6) is 0 Å². The van der Waals surface area contributed by atoms with Gasteiger partial charge in [0.1, 0.15) is 0 Å². The van der Waals surface area contributed by atoms with Gasteiger partial charge >= 0.3 is 0 Å². The van der Waals surface area contributed by atoms with Crippen LogP contribution in [-0.4, -0.2) is 31.1 Å². The third-order valence-electron chi connectivity index (χ3n) is 2.59. The van der Waals surface area contributed by atoms with E-state index in [1.807, 2.05) is 20.8 Å². The molecule has 0 saturated carbocycles. The Balaban J connectivity index is -0.000000427. The number of hydrogen-bond acceptors (Lipinski definition) is 2. The minimum absolute atomic E-state index is 0. The Morgan fingerprint density at radius 2 is 1.30 bits per heavy atom. The molecule has 128 valence electrons. The summed E-state index contributed by atoms with van der Waals surface area (Å²) in [7, 11) is -3.14. The molecule has 0 N–H and O–H groups in total. The summed E-state index contributed by atoms with van der Waals surface area (Å²) >= 11 is 0. The molecule has 0 aromatic heterocycles. The SMILES string of the molecule is C.C.C.CC(CN(C(C)(C)C)S(C)(=O)=O)CC(C)(C)C. The van der Waals surface area contributed by atoms with Crippen LogP contribution in [0.4, 0.5) is 0 Å². The molecule has 0 aliphatic carbocycles. The second-order valence-corrected chi connectivity index (χ2v) is 9.24. The molecule has 0 aromatic carbocycles. The van der Waals surface area contributed by atoms with E-state index in [-0.39, 0.29) is 33.2 Å². The van der Waals surface area contributed by atoms with Gasteiger partial charge in [-0.1, -0.05) is 50.0 Å². The van der Waals surface area contributed by atoms with E-state index in [1.54, 1.807) is 4.31 Å². The van der Waals surface area contributed by atoms with Gasteiger partial charge in [-0.05, 0) is 38.5 Å². The van der Waals surface area contributed by atoms with Crippen molar-refractivity contribution < 1.29 is 8.42 Å². The Hall–Kier alpha value is -0.0900. The monoisotopic (exact) mass is 311 g/mol. The molecule has 0 rings (SSSR count). The Morgan fingerprint density at radius 1 is 0.950 bits per heavy atom. The zero-order chi connectivity index (χ0) is 14.1. The molecule has 4 heteroatoms. The van der Waals surface area contributed by atoms with Crippen LogP contribution in [0.2, 0.25) is 0 Å². The number of nitrogens with zero attached hydrogens (tertiary/aromatic N) is 1.